The van der Waals surface area contributed by atoms with E-state index in [-0.39, 0.29) is 39.4 Å². The number of pyridine rings is 1. The van der Waals surface area contributed by atoms with E-state index in [1.807, 2.05) is 0 Å². The molecule has 3 aromatic heterocycles. The molecule has 1 fully saturated rings. The molecule has 0 aliphatic heterocycles. The number of benzene rings is 1. The lowest BCUT2D eigenvalue weighted by Gasteiger charge is -2.09. The van der Waals surface area contributed by atoms with Gasteiger partial charge in [-0.25, -0.2) is 18.4 Å². The molecule has 12 heteroatoms. The third kappa shape index (κ3) is 4.69. The van der Waals surface area contributed by atoms with Crippen molar-refractivity contribution in [2.45, 2.75) is 31.9 Å². The van der Waals surface area contributed by atoms with E-state index >= 15 is 0 Å². The molecule has 1 aliphatic carbocycles. The SMILES string of the molecule is NC(=O)c1sc2nc(C(F)F)cc(C3CC3)c2c1NC(=O)c1ccn(COc2ccccc2Cl)n1. The molecule has 5 rings (SSSR count). The maximum atomic E-state index is 13.4. The summed E-state index contributed by atoms with van der Waals surface area (Å²) in [7, 11) is 0. The lowest BCUT2D eigenvalue weighted by atomic mass is 10.0. The van der Waals surface area contributed by atoms with Crippen LogP contribution in [0, 0.1) is 0 Å². The van der Waals surface area contributed by atoms with Gasteiger partial charge in [-0.2, -0.15) is 5.10 Å². The highest BCUT2D eigenvalue weighted by atomic mass is 35.5. The molecule has 3 heterocycles. The fourth-order valence-electron chi connectivity index (χ4n) is 3.70. The van der Waals surface area contributed by atoms with Gasteiger partial charge in [-0.15, -0.1) is 11.3 Å². The summed E-state index contributed by atoms with van der Waals surface area (Å²) >= 11 is 6.96. The number of carbonyl (C=O) groups excluding carboxylic acids is 2. The van der Waals surface area contributed by atoms with Crippen LogP contribution in [0.4, 0.5) is 14.5 Å². The highest BCUT2D eigenvalue weighted by Gasteiger charge is 2.32. The number of carbonyl (C=O) groups is 2. The number of hydrogen-bond donors (Lipinski definition) is 2. The molecule has 35 heavy (non-hydrogen) atoms. The molecular formula is C23H18ClF2N5O3S. The highest BCUT2D eigenvalue weighted by molar-refractivity contribution is 7.21. The number of nitrogens with zero attached hydrogens (tertiary/aromatic N) is 3. The maximum Gasteiger partial charge on any atom is 0.280 e. The van der Waals surface area contributed by atoms with Crippen LogP contribution in [-0.4, -0.2) is 26.6 Å². The molecular weight excluding hydrogens is 500 g/mol. The predicted octanol–water partition coefficient (Wildman–Crippen LogP) is 5.35. The van der Waals surface area contributed by atoms with Crippen LogP contribution >= 0.6 is 22.9 Å². The van der Waals surface area contributed by atoms with Crippen LogP contribution in [0.1, 0.15) is 56.6 Å². The Bertz CT molecular complexity index is 1450. The van der Waals surface area contributed by atoms with Gasteiger partial charge in [-0.1, -0.05) is 23.7 Å². The zero-order valence-electron chi connectivity index (χ0n) is 18.0. The predicted molar refractivity (Wildman–Crippen MR) is 127 cm³/mol. The molecule has 1 saturated carbocycles. The summed E-state index contributed by atoms with van der Waals surface area (Å²) in [6, 6.07) is 9.78. The van der Waals surface area contributed by atoms with Crippen LogP contribution in [0.25, 0.3) is 10.2 Å². The molecule has 1 aromatic carbocycles. The molecule has 8 nitrogen and oxygen atoms in total. The van der Waals surface area contributed by atoms with E-state index in [1.54, 1.807) is 30.5 Å². The fourth-order valence-corrected chi connectivity index (χ4v) is 4.91. The van der Waals surface area contributed by atoms with E-state index in [0.717, 1.165) is 24.2 Å². The first-order valence-corrected chi connectivity index (χ1v) is 11.8. The van der Waals surface area contributed by atoms with Crippen molar-refractivity contribution in [3.05, 3.63) is 69.4 Å². The molecule has 1 aliphatic rings. The number of fused-ring (bicyclic) bond motifs is 1. The third-order valence-electron chi connectivity index (χ3n) is 5.48. The Balaban J connectivity index is 1.43. The van der Waals surface area contributed by atoms with Crippen molar-refractivity contribution in [1.82, 2.24) is 14.8 Å². The number of ether oxygens (including phenoxy) is 1. The number of aromatic nitrogens is 3. The number of primary amides is 1. The van der Waals surface area contributed by atoms with Gasteiger partial charge in [0.15, 0.2) is 12.4 Å². The van der Waals surface area contributed by atoms with E-state index < -0.39 is 18.2 Å². The van der Waals surface area contributed by atoms with E-state index in [1.165, 1.54) is 16.8 Å². The molecule has 0 radical (unpaired) electrons. The van der Waals surface area contributed by atoms with Crippen LogP contribution in [-0.2, 0) is 6.73 Å². The minimum absolute atomic E-state index is 0.0110. The Morgan fingerprint density at radius 2 is 2.06 bits per heavy atom. The van der Waals surface area contributed by atoms with Gasteiger partial charge in [0.2, 0.25) is 0 Å². The molecule has 2 amide bonds. The number of thiophene rings is 1. The number of rotatable bonds is 8. The van der Waals surface area contributed by atoms with Crippen molar-refractivity contribution in [3.8, 4) is 5.75 Å². The average Bonchev–Trinajstić information content (AvgIpc) is 3.45. The molecule has 0 unspecified atom stereocenters. The summed E-state index contributed by atoms with van der Waals surface area (Å²) in [5.41, 5.74) is 6.03. The second-order valence-corrected chi connectivity index (χ2v) is 9.37. The van der Waals surface area contributed by atoms with Gasteiger partial charge in [0.1, 0.15) is 21.2 Å². The fraction of sp³-hybridized carbons (Fsp3) is 0.217. The Morgan fingerprint density at radius 3 is 2.74 bits per heavy atom. The van der Waals surface area contributed by atoms with Gasteiger partial charge in [-0.3, -0.25) is 9.59 Å². The number of nitrogens with two attached hydrogens (primary N) is 1. The highest BCUT2D eigenvalue weighted by Crippen LogP contribution is 2.48. The van der Waals surface area contributed by atoms with E-state index in [4.69, 9.17) is 22.1 Å². The van der Waals surface area contributed by atoms with Crippen molar-refractivity contribution in [1.29, 1.82) is 0 Å². The normalized spacial score (nSPS) is 13.4. The number of amides is 2. The molecule has 4 aromatic rings. The van der Waals surface area contributed by atoms with Gasteiger partial charge in [0.25, 0.3) is 18.2 Å². The van der Waals surface area contributed by atoms with Gasteiger partial charge < -0.3 is 15.8 Å². The van der Waals surface area contributed by atoms with E-state index in [9.17, 15) is 18.4 Å². The first-order valence-electron chi connectivity index (χ1n) is 10.6. The molecule has 0 bridgehead atoms. The number of alkyl halides is 2. The van der Waals surface area contributed by atoms with Gasteiger partial charge >= 0.3 is 0 Å². The summed E-state index contributed by atoms with van der Waals surface area (Å²) in [5, 5.41) is 7.81. The largest absolute Gasteiger partial charge is 0.470 e. The number of nitrogens with one attached hydrogen (secondary N) is 1. The average molecular weight is 518 g/mol. The Labute approximate surface area is 206 Å². The Hall–Kier alpha value is -3.57. The maximum absolute atomic E-state index is 13.4. The van der Waals surface area contributed by atoms with Crippen LogP contribution in [0.3, 0.4) is 0 Å². The zero-order valence-corrected chi connectivity index (χ0v) is 19.6. The zero-order chi connectivity index (χ0) is 24.7. The van der Waals surface area contributed by atoms with Crippen molar-refractivity contribution in [3.63, 3.8) is 0 Å². The smallest absolute Gasteiger partial charge is 0.280 e. The molecule has 180 valence electrons. The van der Waals surface area contributed by atoms with Crippen LogP contribution in [0.5, 0.6) is 5.75 Å². The molecule has 3 N–H and O–H groups in total. The third-order valence-corrected chi connectivity index (χ3v) is 6.89. The topological polar surface area (TPSA) is 112 Å². The summed E-state index contributed by atoms with van der Waals surface area (Å²) in [4.78, 5) is 29.4. The van der Waals surface area contributed by atoms with Crippen molar-refractivity contribution < 1.29 is 23.1 Å². The van der Waals surface area contributed by atoms with Gasteiger partial charge in [0.05, 0.1) is 10.7 Å². The lowest BCUT2D eigenvalue weighted by Crippen LogP contribution is -2.18. The summed E-state index contributed by atoms with van der Waals surface area (Å²) in [6.45, 7) is 0.0110. The van der Waals surface area contributed by atoms with Crippen LogP contribution < -0.4 is 15.8 Å². The molecule has 0 spiro atoms. The molecule has 0 saturated heterocycles. The number of anilines is 1. The van der Waals surface area contributed by atoms with Crippen molar-refractivity contribution >= 4 is 50.7 Å². The van der Waals surface area contributed by atoms with Crippen LogP contribution in [0.2, 0.25) is 5.02 Å². The summed E-state index contributed by atoms with van der Waals surface area (Å²) in [5.74, 6) is -0.856. The minimum atomic E-state index is -2.76. The van der Waals surface area contributed by atoms with Crippen LogP contribution in [0.15, 0.2) is 42.6 Å². The van der Waals surface area contributed by atoms with E-state index in [0.29, 0.717) is 21.7 Å². The van der Waals surface area contributed by atoms with Crippen molar-refractivity contribution in [2.75, 3.05) is 5.32 Å². The second-order valence-electron chi connectivity index (χ2n) is 7.96. The first kappa shape index (κ1) is 23.2. The number of hydrogen-bond acceptors (Lipinski definition) is 6. The lowest BCUT2D eigenvalue weighted by molar-refractivity contribution is 0.100. The van der Waals surface area contributed by atoms with E-state index in [2.05, 4.69) is 15.4 Å². The monoisotopic (exact) mass is 517 g/mol. The first-order chi connectivity index (χ1) is 16.8. The number of para-hydroxylation sites is 1. The van der Waals surface area contributed by atoms with Gasteiger partial charge in [0, 0.05) is 11.6 Å². The standard InChI is InChI=1S/C23H18ClF2N5O3S/c24-13-3-1-2-4-16(13)34-10-31-8-7-14(30-31)22(33)29-18-17-12(11-5-6-11)9-15(20(25)26)28-23(17)35-19(18)21(27)32/h1-4,7-9,11,20H,5-6,10H2,(H2,27,32)(H,29,33). The summed E-state index contributed by atoms with van der Waals surface area (Å²) < 4.78 is 33.8. The van der Waals surface area contributed by atoms with Gasteiger partial charge in [-0.05, 0) is 48.6 Å². The Morgan fingerprint density at radius 1 is 1.29 bits per heavy atom. The minimum Gasteiger partial charge on any atom is -0.470 e. The molecule has 0 atom stereocenters. The summed E-state index contributed by atoms with van der Waals surface area (Å²) in [6.07, 6.45) is 0.448. The Kier molecular flexibility index (Phi) is 6.12. The second kappa shape index (κ2) is 9.23. The quantitative estimate of drug-likeness (QED) is 0.327. The van der Waals surface area contributed by atoms with Crippen molar-refractivity contribution in [2.24, 2.45) is 5.73 Å². The number of halogens is 3.